The van der Waals surface area contributed by atoms with Crippen LogP contribution in [-0.4, -0.2) is 37.2 Å². The van der Waals surface area contributed by atoms with Crippen LogP contribution in [0.15, 0.2) is 42.6 Å². The minimum absolute atomic E-state index is 0.0430. The van der Waals surface area contributed by atoms with Gasteiger partial charge < -0.3 is 5.32 Å². The molecule has 0 saturated heterocycles. The monoisotopic (exact) mass is 342 g/mol. The van der Waals surface area contributed by atoms with Crippen molar-refractivity contribution >= 4 is 17.5 Å². The second-order valence-electron chi connectivity index (χ2n) is 5.06. The third-order valence-electron chi connectivity index (χ3n) is 3.32. The highest BCUT2D eigenvalue weighted by atomic mass is 35.5. The van der Waals surface area contributed by atoms with E-state index in [2.05, 4.69) is 25.4 Å². The Bertz CT molecular complexity index is 829. The van der Waals surface area contributed by atoms with Crippen LogP contribution in [0.25, 0.3) is 11.3 Å². The number of benzene rings is 1. The molecule has 8 heteroatoms. The molecule has 0 fully saturated rings. The van der Waals surface area contributed by atoms with Crippen LogP contribution in [0.4, 0.5) is 0 Å². The summed E-state index contributed by atoms with van der Waals surface area (Å²) in [5.41, 5.74) is 1.88. The molecule has 7 nitrogen and oxygen atoms in total. The summed E-state index contributed by atoms with van der Waals surface area (Å²) in [4.78, 5) is 24.5. The number of hydrogen-bond donors (Lipinski definition) is 1. The molecule has 2 aromatic heterocycles. The van der Waals surface area contributed by atoms with Crippen LogP contribution in [0, 0.1) is 0 Å². The molecular formula is C16H15ClN6O. The van der Waals surface area contributed by atoms with Gasteiger partial charge in [0.15, 0.2) is 0 Å². The summed E-state index contributed by atoms with van der Waals surface area (Å²) < 4.78 is 1.34. The molecule has 0 saturated carbocycles. The Morgan fingerprint density at radius 2 is 2.00 bits per heavy atom. The molecule has 0 radical (unpaired) electrons. The van der Waals surface area contributed by atoms with Gasteiger partial charge >= 0.3 is 0 Å². The van der Waals surface area contributed by atoms with E-state index in [9.17, 15) is 4.79 Å². The number of nitrogens with zero attached hydrogens (tertiary/aromatic N) is 5. The lowest BCUT2D eigenvalue weighted by Crippen LogP contribution is -2.27. The Labute approximate surface area is 143 Å². The summed E-state index contributed by atoms with van der Waals surface area (Å²) in [5, 5.41) is 6.82. The van der Waals surface area contributed by atoms with Crippen molar-refractivity contribution in [2.24, 2.45) is 7.05 Å². The zero-order valence-electron chi connectivity index (χ0n) is 13.0. The van der Waals surface area contributed by atoms with Gasteiger partial charge in [0.2, 0.25) is 11.1 Å². The molecule has 3 aromatic rings. The lowest BCUT2D eigenvalue weighted by atomic mass is 10.1. The number of hydrogen-bond acceptors (Lipinski definition) is 5. The first-order valence-electron chi connectivity index (χ1n) is 7.35. The van der Waals surface area contributed by atoms with E-state index in [0.717, 1.165) is 11.3 Å². The second-order valence-corrected chi connectivity index (χ2v) is 5.40. The number of carbonyl (C=O) groups is 1. The smallest absolute Gasteiger partial charge is 0.291 e. The number of nitrogens with one attached hydrogen (secondary N) is 1. The molecular weight excluding hydrogens is 328 g/mol. The second kappa shape index (κ2) is 7.18. The molecule has 0 aliphatic rings. The van der Waals surface area contributed by atoms with Crippen molar-refractivity contribution in [3.05, 3.63) is 59.5 Å². The van der Waals surface area contributed by atoms with Gasteiger partial charge in [0.1, 0.15) is 5.82 Å². The van der Waals surface area contributed by atoms with Crippen molar-refractivity contribution in [1.29, 1.82) is 0 Å². The van der Waals surface area contributed by atoms with Crippen molar-refractivity contribution in [3.8, 4) is 11.3 Å². The highest BCUT2D eigenvalue weighted by Gasteiger charge is 2.13. The molecule has 0 aliphatic carbocycles. The van der Waals surface area contributed by atoms with Crippen LogP contribution in [0.2, 0.25) is 5.28 Å². The molecule has 122 valence electrons. The van der Waals surface area contributed by atoms with E-state index in [4.69, 9.17) is 11.6 Å². The number of rotatable bonds is 5. The minimum atomic E-state index is -0.378. The first-order chi connectivity index (χ1) is 11.6. The van der Waals surface area contributed by atoms with E-state index < -0.39 is 0 Å². The van der Waals surface area contributed by atoms with Gasteiger partial charge in [-0.1, -0.05) is 30.3 Å². The van der Waals surface area contributed by atoms with Gasteiger partial charge in [0.25, 0.3) is 5.91 Å². The van der Waals surface area contributed by atoms with Crippen molar-refractivity contribution in [3.63, 3.8) is 0 Å². The molecule has 0 bridgehead atoms. The fourth-order valence-corrected chi connectivity index (χ4v) is 2.24. The Kier molecular flexibility index (Phi) is 4.81. The van der Waals surface area contributed by atoms with E-state index in [1.54, 1.807) is 13.2 Å². The highest BCUT2D eigenvalue weighted by Crippen LogP contribution is 2.15. The number of halogens is 1. The maximum atomic E-state index is 11.9. The van der Waals surface area contributed by atoms with Crippen LogP contribution < -0.4 is 5.32 Å². The zero-order chi connectivity index (χ0) is 16.9. The molecule has 1 N–H and O–H groups in total. The summed E-state index contributed by atoms with van der Waals surface area (Å²) in [6, 6.07) is 11.7. The molecule has 1 aromatic carbocycles. The average Bonchev–Trinajstić information content (AvgIpc) is 2.95. The van der Waals surface area contributed by atoms with Crippen molar-refractivity contribution < 1.29 is 4.79 Å². The van der Waals surface area contributed by atoms with Crippen molar-refractivity contribution in [2.45, 2.75) is 6.42 Å². The van der Waals surface area contributed by atoms with E-state index in [1.165, 1.54) is 4.68 Å². The van der Waals surface area contributed by atoms with Crippen molar-refractivity contribution in [2.75, 3.05) is 6.54 Å². The number of aromatic nitrogens is 5. The van der Waals surface area contributed by atoms with E-state index in [-0.39, 0.29) is 17.0 Å². The molecule has 3 rings (SSSR count). The molecule has 1 amide bonds. The number of aryl methyl sites for hydroxylation is 1. The molecule has 2 heterocycles. The number of carbonyl (C=O) groups excluding carboxylic acids is 1. The van der Waals surface area contributed by atoms with Gasteiger partial charge in [-0.2, -0.15) is 4.98 Å². The SMILES string of the molecule is Cn1nc(C(=O)NCCc2nccc(-c3ccccc3)n2)nc1Cl. The topological polar surface area (TPSA) is 85.6 Å². The Morgan fingerprint density at radius 3 is 2.71 bits per heavy atom. The normalized spacial score (nSPS) is 10.6. The van der Waals surface area contributed by atoms with Crippen LogP contribution >= 0.6 is 11.6 Å². The highest BCUT2D eigenvalue weighted by molar-refractivity contribution is 6.28. The predicted octanol–water partition coefficient (Wildman–Crippen LogP) is 1.90. The van der Waals surface area contributed by atoms with Gasteiger partial charge in [-0.15, -0.1) is 5.10 Å². The summed E-state index contributed by atoms with van der Waals surface area (Å²) in [5.74, 6) is 0.321. The predicted molar refractivity (Wildman–Crippen MR) is 89.5 cm³/mol. The van der Waals surface area contributed by atoms with Gasteiger partial charge in [0, 0.05) is 31.8 Å². The fourth-order valence-electron chi connectivity index (χ4n) is 2.12. The van der Waals surface area contributed by atoms with Gasteiger partial charge in [-0.3, -0.25) is 4.79 Å². The van der Waals surface area contributed by atoms with Gasteiger partial charge in [0.05, 0.1) is 5.69 Å². The molecule has 0 aliphatic heterocycles. The van der Waals surface area contributed by atoms with E-state index >= 15 is 0 Å². The summed E-state index contributed by atoms with van der Waals surface area (Å²) in [6.07, 6.45) is 2.22. The maximum Gasteiger partial charge on any atom is 0.291 e. The maximum absolute atomic E-state index is 11.9. The van der Waals surface area contributed by atoms with E-state index in [1.807, 2.05) is 36.4 Å². The summed E-state index contributed by atoms with van der Waals surface area (Å²) in [7, 11) is 1.62. The molecule has 0 unspecified atom stereocenters. The first-order valence-corrected chi connectivity index (χ1v) is 7.73. The Balaban J connectivity index is 1.60. The Morgan fingerprint density at radius 1 is 1.21 bits per heavy atom. The molecule has 24 heavy (non-hydrogen) atoms. The lowest BCUT2D eigenvalue weighted by Gasteiger charge is -2.05. The fraction of sp³-hybridized carbons (Fsp3) is 0.188. The third kappa shape index (κ3) is 3.75. The summed E-state index contributed by atoms with van der Waals surface area (Å²) in [6.45, 7) is 0.382. The molecule has 0 atom stereocenters. The Hall–Kier alpha value is -2.80. The van der Waals surface area contributed by atoms with E-state index in [0.29, 0.717) is 18.8 Å². The summed E-state index contributed by atoms with van der Waals surface area (Å²) >= 11 is 5.77. The van der Waals surface area contributed by atoms with Gasteiger partial charge in [-0.25, -0.2) is 14.6 Å². The lowest BCUT2D eigenvalue weighted by molar-refractivity contribution is 0.0943. The number of amides is 1. The zero-order valence-corrected chi connectivity index (χ0v) is 13.7. The molecule has 0 spiro atoms. The standard InChI is InChI=1S/C16H15ClN6O/c1-23-16(17)21-14(22-23)15(24)19-10-8-13-18-9-7-12(20-13)11-5-3-2-4-6-11/h2-7,9H,8,10H2,1H3,(H,19,24). The van der Waals surface area contributed by atoms with Crippen LogP contribution in [0.3, 0.4) is 0 Å². The largest absolute Gasteiger partial charge is 0.349 e. The van der Waals surface area contributed by atoms with Crippen LogP contribution in [0.5, 0.6) is 0 Å². The van der Waals surface area contributed by atoms with Gasteiger partial charge in [-0.05, 0) is 17.7 Å². The third-order valence-corrected chi connectivity index (χ3v) is 3.65. The quantitative estimate of drug-likeness (QED) is 0.765. The average molecular weight is 343 g/mol. The van der Waals surface area contributed by atoms with Crippen LogP contribution in [0.1, 0.15) is 16.4 Å². The van der Waals surface area contributed by atoms with Crippen LogP contribution in [-0.2, 0) is 13.5 Å². The van der Waals surface area contributed by atoms with Crippen molar-refractivity contribution in [1.82, 2.24) is 30.0 Å². The minimum Gasteiger partial charge on any atom is -0.349 e. The first kappa shape index (κ1) is 16.1.